The lowest BCUT2D eigenvalue weighted by Gasteiger charge is -2.07. The van der Waals surface area contributed by atoms with Crippen LogP contribution >= 0.6 is 0 Å². The van der Waals surface area contributed by atoms with Crippen LogP contribution in [-0.4, -0.2) is 18.4 Å². The first kappa shape index (κ1) is 14.4. The van der Waals surface area contributed by atoms with Gasteiger partial charge in [-0.05, 0) is 42.5 Å². The minimum Gasteiger partial charge on any atom is -0.484 e. The van der Waals surface area contributed by atoms with Crippen molar-refractivity contribution in [2.75, 3.05) is 17.7 Å². The van der Waals surface area contributed by atoms with E-state index < -0.39 is 5.91 Å². The van der Waals surface area contributed by atoms with E-state index in [9.17, 15) is 9.59 Å². The number of anilines is 2. The van der Waals surface area contributed by atoms with Gasteiger partial charge in [0.2, 0.25) is 0 Å². The number of rotatable bonds is 5. The number of nitrogen functional groups attached to an aromatic ring is 1. The molecule has 0 spiro atoms. The van der Waals surface area contributed by atoms with Crippen LogP contribution in [0.4, 0.5) is 11.4 Å². The number of primary amides is 1. The lowest BCUT2D eigenvalue weighted by atomic mass is 10.2. The van der Waals surface area contributed by atoms with Crippen molar-refractivity contribution in [2.24, 2.45) is 5.73 Å². The zero-order valence-corrected chi connectivity index (χ0v) is 11.2. The molecule has 108 valence electrons. The van der Waals surface area contributed by atoms with Crippen LogP contribution in [0, 0.1) is 0 Å². The average molecular weight is 285 g/mol. The molecule has 0 unspecified atom stereocenters. The first-order valence-electron chi connectivity index (χ1n) is 6.22. The molecule has 2 amide bonds. The van der Waals surface area contributed by atoms with Gasteiger partial charge in [-0.25, -0.2) is 0 Å². The zero-order chi connectivity index (χ0) is 15.2. The molecule has 2 aromatic rings. The van der Waals surface area contributed by atoms with Crippen molar-refractivity contribution < 1.29 is 14.3 Å². The van der Waals surface area contributed by atoms with Crippen molar-refractivity contribution in [3.63, 3.8) is 0 Å². The van der Waals surface area contributed by atoms with E-state index in [1.54, 1.807) is 48.5 Å². The van der Waals surface area contributed by atoms with Crippen molar-refractivity contribution in [2.45, 2.75) is 0 Å². The number of nitrogens with two attached hydrogens (primary N) is 2. The molecule has 0 heterocycles. The summed E-state index contributed by atoms with van der Waals surface area (Å²) in [5.74, 6) is -0.307. The van der Waals surface area contributed by atoms with Gasteiger partial charge in [0, 0.05) is 16.9 Å². The molecule has 0 atom stereocenters. The van der Waals surface area contributed by atoms with Crippen LogP contribution in [0.1, 0.15) is 10.4 Å². The number of ether oxygens (including phenoxy) is 1. The molecule has 6 heteroatoms. The summed E-state index contributed by atoms with van der Waals surface area (Å²) in [6, 6.07) is 13.3. The summed E-state index contributed by atoms with van der Waals surface area (Å²) in [6.07, 6.45) is 0. The molecule has 0 radical (unpaired) electrons. The zero-order valence-electron chi connectivity index (χ0n) is 11.2. The summed E-state index contributed by atoms with van der Waals surface area (Å²) in [6.45, 7) is -0.186. The highest BCUT2D eigenvalue weighted by atomic mass is 16.5. The molecule has 2 rings (SSSR count). The fourth-order valence-electron chi connectivity index (χ4n) is 1.67. The Labute approximate surface area is 121 Å². The lowest BCUT2D eigenvalue weighted by molar-refractivity contribution is -0.119. The molecule has 0 bridgehead atoms. The number of carbonyl (C=O) groups is 2. The van der Waals surface area contributed by atoms with Gasteiger partial charge >= 0.3 is 0 Å². The van der Waals surface area contributed by atoms with Gasteiger partial charge in [-0.2, -0.15) is 0 Å². The maximum Gasteiger partial charge on any atom is 0.255 e. The van der Waals surface area contributed by atoms with Crippen LogP contribution in [0.15, 0.2) is 48.5 Å². The Morgan fingerprint density at radius 2 is 1.81 bits per heavy atom. The highest BCUT2D eigenvalue weighted by Crippen LogP contribution is 2.17. The van der Waals surface area contributed by atoms with E-state index in [0.29, 0.717) is 22.7 Å². The minimum absolute atomic E-state index is 0.186. The average Bonchev–Trinajstić information content (AvgIpc) is 2.46. The standard InChI is InChI=1S/C15H15N3O3/c16-11-3-1-2-10(8-11)15(20)18-12-4-6-13(7-5-12)21-9-14(17)19/h1-8H,9,16H2,(H2,17,19)(H,18,20). The summed E-state index contributed by atoms with van der Waals surface area (Å²) in [5, 5.41) is 2.74. The molecule has 0 aromatic heterocycles. The highest BCUT2D eigenvalue weighted by Gasteiger charge is 2.06. The second-order valence-corrected chi connectivity index (χ2v) is 4.36. The van der Waals surface area contributed by atoms with Gasteiger partial charge in [0.25, 0.3) is 11.8 Å². The van der Waals surface area contributed by atoms with E-state index in [4.69, 9.17) is 16.2 Å². The molecule has 0 fully saturated rings. The summed E-state index contributed by atoms with van der Waals surface area (Å²) >= 11 is 0. The number of amides is 2. The molecule has 5 N–H and O–H groups in total. The number of hydrogen-bond donors (Lipinski definition) is 3. The van der Waals surface area contributed by atoms with Crippen molar-refractivity contribution in [3.8, 4) is 5.75 Å². The first-order valence-corrected chi connectivity index (χ1v) is 6.22. The van der Waals surface area contributed by atoms with Gasteiger partial charge in [-0.15, -0.1) is 0 Å². The largest absolute Gasteiger partial charge is 0.484 e. The van der Waals surface area contributed by atoms with Gasteiger partial charge in [0.15, 0.2) is 6.61 Å². The molecule has 0 aliphatic rings. The third-order valence-corrected chi connectivity index (χ3v) is 2.64. The van der Waals surface area contributed by atoms with Crippen LogP contribution in [0.3, 0.4) is 0 Å². The Morgan fingerprint density at radius 3 is 2.43 bits per heavy atom. The van der Waals surface area contributed by atoms with Gasteiger partial charge in [0.05, 0.1) is 0 Å². The SMILES string of the molecule is NC(=O)COc1ccc(NC(=O)c2cccc(N)c2)cc1. The lowest BCUT2D eigenvalue weighted by Crippen LogP contribution is -2.20. The summed E-state index contributed by atoms with van der Waals surface area (Å²) in [4.78, 5) is 22.6. The van der Waals surface area contributed by atoms with Crippen LogP contribution in [0.25, 0.3) is 0 Å². The highest BCUT2D eigenvalue weighted by molar-refractivity contribution is 6.04. The third-order valence-electron chi connectivity index (χ3n) is 2.64. The topological polar surface area (TPSA) is 107 Å². The molecule has 6 nitrogen and oxygen atoms in total. The van der Waals surface area contributed by atoms with Crippen molar-refractivity contribution in [1.82, 2.24) is 0 Å². The van der Waals surface area contributed by atoms with E-state index in [0.717, 1.165) is 0 Å². The molecular formula is C15H15N3O3. The Bertz CT molecular complexity index is 653. The maximum atomic E-state index is 12.0. The summed E-state index contributed by atoms with van der Waals surface area (Å²) in [5.41, 5.74) is 12.2. The van der Waals surface area contributed by atoms with Crippen molar-refractivity contribution in [1.29, 1.82) is 0 Å². The second kappa shape index (κ2) is 6.42. The second-order valence-electron chi connectivity index (χ2n) is 4.36. The van der Waals surface area contributed by atoms with Gasteiger partial charge < -0.3 is 21.5 Å². The molecule has 0 saturated carbocycles. The van der Waals surface area contributed by atoms with Crippen LogP contribution in [-0.2, 0) is 4.79 Å². The summed E-state index contributed by atoms with van der Waals surface area (Å²) < 4.78 is 5.12. The normalized spacial score (nSPS) is 9.90. The molecule has 0 aliphatic carbocycles. The van der Waals surface area contributed by atoms with E-state index in [2.05, 4.69) is 5.32 Å². The van der Waals surface area contributed by atoms with Crippen LogP contribution in [0.2, 0.25) is 0 Å². The molecule has 2 aromatic carbocycles. The van der Waals surface area contributed by atoms with Crippen LogP contribution in [0.5, 0.6) is 5.75 Å². The van der Waals surface area contributed by atoms with Crippen molar-refractivity contribution >= 4 is 23.2 Å². The predicted molar refractivity (Wildman–Crippen MR) is 79.9 cm³/mol. The van der Waals surface area contributed by atoms with E-state index >= 15 is 0 Å². The summed E-state index contributed by atoms with van der Waals surface area (Å²) in [7, 11) is 0. The fourth-order valence-corrected chi connectivity index (χ4v) is 1.67. The van der Waals surface area contributed by atoms with Crippen LogP contribution < -0.4 is 21.5 Å². The Kier molecular flexibility index (Phi) is 4.40. The molecular weight excluding hydrogens is 270 g/mol. The quantitative estimate of drug-likeness (QED) is 0.721. The third kappa shape index (κ3) is 4.24. The Balaban J connectivity index is 2.00. The number of hydrogen-bond acceptors (Lipinski definition) is 4. The van der Waals surface area contributed by atoms with E-state index in [1.165, 1.54) is 0 Å². The number of nitrogens with one attached hydrogen (secondary N) is 1. The van der Waals surface area contributed by atoms with E-state index in [-0.39, 0.29) is 12.5 Å². The maximum absolute atomic E-state index is 12.0. The first-order chi connectivity index (χ1) is 10.0. The smallest absolute Gasteiger partial charge is 0.255 e. The molecule has 0 aliphatic heterocycles. The number of carbonyl (C=O) groups excluding carboxylic acids is 2. The van der Waals surface area contributed by atoms with Gasteiger partial charge in [-0.3, -0.25) is 9.59 Å². The Hall–Kier alpha value is -3.02. The van der Waals surface area contributed by atoms with Gasteiger partial charge in [0.1, 0.15) is 5.75 Å². The minimum atomic E-state index is -0.547. The fraction of sp³-hybridized carbons (Fsp3) is 0.0667. The number of benzene rings is 2. The van der Waals surface area contributed by atoms with E-state index in [1.807, 2.05) is 0 Å². The molecule has 21 heavy (non-hydrogen) atoms. The van der Waals surface area contributed by atoms with Crippen molar-refractivity contribution in [3.05, 3.63) is 54.1 Å². The molecule has 0 saturated heterocycles. The monoisotopic (exact) mass is 285 g/mol. The van der Waals surface area contributed by atoms with Gasteiger partial charge in [-0.1, -0.05) is 6.07 Å². The predicted octanol–water partition coefficient (Wildman–Crippen LogP) is 1.39. The Morgan fingerprint density at radius 1 is 1.10 bits per heavy atom.